The number of carboxylic acids is 1. The van der Waals surface area contributed by atoms with Crippen molar-refractivity contribution in [2.24, 2.45) is 5.92 Å². The van der Waals surface area contributed by atoms with Crippen molar-refractivity contribution < 1.29 is 22.8 Å². The minimum atomic E-state index is -4.03. The normalized spacial score (nSPS) is 24.2. The highest BCUT2D eigenvalue weighted by atomic mass is 32.2. The molecule has 4 rings (SSSR count). The Morgan fingerprint density at radius 3 is 2.57 bits per heavy atom. The molecule has 2 aromatic heterocycles. The van der Waals surface area contributed by atoms with Crippen molar-refractivity contribution in [3.8, 4) is 10.6 Å². The fourth-order valence-electron chi connectivity index (χ4n) is 3.66. The number of nitrogens with one attached hydrogen (secondary N) is 1. The molecule has 2 heterocycles. The molecule has 1 aromatic carbocycles. The van der Waals surface area contributed by atoms with E-state index in [-0.39, 0.29) is 10.1 Å². The Balaban J connectivity index is 1.65. The van der Waals surface area contributed by atoms with Gasteiger partial charge >= 0.3 is 5.97 Å². The van der Waals surface area contributed by atoms with Crippen LogP contribution in [0.5, 0.6) is 0 Å². The summed E-state index contributed by atoms with van der Waals surface area (Å²) < 4.78 is 33.4. The van der Waals surface area contributed by atoms with E-state index in [0.717, 1.165) is 16.9 Å². The molecular formula is C19H18N2O5S2. The van der Waals surface area contributed by atoms with Crippen molar-refractivity contribution >= 4 is 27.3 Å². The van der Waals surface area contributed by atoms with Gasteiger partial charge in [-0.1, -0.05) is 42.4 Å². The Labute approximate surface area is 166 Å². The lowest BCUT2D eigenvalue weighted by Crippen LogP contribution is -2.45. The topological polar surface area (TPSA) is 110 Å². The summed E-state index contributed by atoms with van der Waals surface area (Å²) in [5.41, 5.74) is -0.224. The summed E-state index contributed by atoms with van der Waals surface area (Å²) >= 11 is 1.02. The number of sulfonamides is 1. The molecule has 1 aliphatic rings. The molecule has 0 spiro atoms. The molecule has 0 amide bonds. The number of aromatic nitrogens is 1. The standard InChI is InChI=1S/C19H18N2O5S2/c1-11-10-14(20-26-11)15-8-9-16(27-15)28(24,25)21-19(18(22)23)12(2)17(19)13-6-4-3-5-7-13/h3-10,12,17,21H,1-2H3,(H,22,23)/t12?,17-,19-/m0/s1. The van der Waals surface area contributed by atoms with E-state index < -0.39 is 27.4 Å². The van der Waals surface area contributed by atoms with Gasteiger partial charge in [0.2, 0.25) is 0 Å². The van der Waals surface area contributed by atoms with Crippen LogP contribution in [-0.4, -0.2) is 30.2 Å². The third-order valence-electron chi connectivity index (χ3n) is 5.14. The average Bonchev–Trinajstić information content (AvgIpc) is 3.06. The first kappa shape index (κ1) is 18.9. The van der Waals surface area contributed by atoms with Gasteiger partial charge in [-0.3, -0.25) is 4.79 Å². The van der Waals surface area contributed by atoms with E-state index in [4.69, 9.17) is 4.52 Å². The van der Waals surface area contributed by atoms with Crippen LogP contribution >= 0.6 is 11.3 Å². The van der Waals surface area contributed by atoms with Crippen LogP contribution in [-0.2, 0) is 14.8 Å². The quantitative estimate of drug-likeness (QED) is 0.636. The van der Waals surface area contributed by atoms with Crippen LogP contribution in [0.1, 0.15) is 24.2 Å². The number of rotatable bonds is 6. The predicted molar refractivity (Wildman–Crippen MR) is 104 cm³/mol. The first-order chi connectivity index (χ1) is 13.3. The van der Waals surface area contributed by atoms with E-state index >= 15 is 0 Å². The van der Waals surface area contributed by atoms with Gasteiger partial charge in [0, 0.05) is 12.0 Å². The molecule has 0 saturated heterocycles. The number of nitrogens with zero attached hydrogens (tertiary/aromatic N) is 1. The van der Waals surface area contributed by atoms with Crippen molar-refractivity contribution in [2.45, 2.75) is 29.5 Å². The van der Waals surface area contributed by atoms with Gasteiger partial charge in [-0.25, -0.2) is 8.42 Å². The minimum Gasteiger partial charge on any atom is -0.480 e. The highest BCUT2D eigenvalue weighted by molar-refractivity contribution is 7.91. The van der Waals surface area contributed by atoms with Gasteiger partial charge in [0.05, 0.1) is 4.88 Å². The van der Waals surface area contributed by atoms with Crippen LogP contribution in [0.3, 0.4) is 0 Å². The van der Waals surface area contributed by atoms with Crippen molar-refractivity contribution in [2.75, 3.05) is 0 Å². The lowest BCUT2D eigenvalue weighted by Gasteiger charge is -2.15. The summed E-state index contributed by atoms with van der Waals surface area (Å²) in [5.74, 6) is -1.37. The highest BCUT2D eigenvalue weighted by Crippen LogP contribution is 2.58. The average molecular weight is 418 g/mol. The number of aliphatic carboxylic acids is 1. The Kier molecular flexibility index (Phi) is 4.40. The molecule has 0 aliphatic heterocycles. The SMILES string of the molecule is Cc1cc(-c2ccc(S(=O)(=O)N[C@@]3(C(=O)O)C(C)[C@H]3c3ccccc3)s2)no1. The van der Waals surface area contributed by atoms with Crippen LogP contribution in [0.4, 0.5) is 0 Å². The summed E-state index contributed by atoms with van der Waals surface area (Å²) in [7, 11) is -4.03. The smallest absolute Gasteiger partial charge is 0.325 e. The first-order valence-electron chi connectivity index (χ1n) is 8.61. The predicted octanol–water partition coefficient (Wildman–Crippen LogP) is 3.25. The number of hydrogen-bond acceptors (Lipinski definition) is 6. The molecule has 1 fully saturated rings. The molecule has 28 heavy (non-hydrogen) atoms. The van der Waals surface area contributed by atoms with Gasteiger partial charge in [-0.05, 0) is 30.5 Å². The molecule has 1 unspecified atom stereocenters. The number of benzene rings is 1. The summed E-state index contributed by atoms with van der Waals surface area (Å²) in [5, 5.41) is 13.7. The van der Waals surface area contributed by atoms with E-state index in [0.29, 0.717) is 16.3 Å². The van der Waals surface area contributed by atoms with Gasteiger partial charge in [-0.2, -0.15) is 4.72 Å². The van der Waals surface area contributed by atoms with E-state index in [2.05, 4.69) is 9.88 Å². The van der Waals surface area contributed by atoms with Crippen LogP contribution in [0.2, 0.25) is 0 Å². The second-order valence-electron chi connectivity index (χ2n) is 6.90. The minimum absolute atomic E-state index is 0.0367. The number of thiophene rings is 1. The van der Waals surface area contributed by atoms with Crippen LogP contribution < -0.4 is 4.72 Å². The highest BCUT2D eigenvalue weighted by Gasteiger charge is 2.70. The first-order valence-corrected chi connectivity index (χ1v) is 10.9. The molecule has 7 nitrogen and oxygen atoms in total. The number of aryl methyl sites for hydroxylation is 1. The summed E-state index contributed by atoms with van der Waals surface area (Å²) in [4.78, 5) is 12.7. The van der Waals surface area contributed by atoms with Gasteiger partial charge < -0.3 is 9.63 Å². The summed E-state index contributed by atoms with van der Waals surface area (Å²) in [6.07, 6.45) is 0. The van der Waals surface area contributed by atoms with Crippen LogP contribution in [0.25, 0.3) is 10.6 Å². The van der Waals surface area contributed by atoms with E-state index in [1.807, 2.05) is 30.3 Å². The zero-order chi connectivity index (χ0) is 20.1. The maximum Gasteiger partial charge on any atom is 0.325 e. The molecule has 2 N–H and O–H groups in total. The van der Waals surface area contributed by atoms with Crippen molar-refractivity contribution in [1.29, 1.82) is 0 Å². The molecular weight excluding hydrogens is 400 g/mol. The molecule has 1 aliphatic carbocycles. The van der Waals surface area contributed by atoms with Gasteiger partial charge in [-0.15, -0.1) is 11.3 Å². The maximum atomic E-state index is 13.0. The maximum absolute atomic E-state index is 13.0. The summed E-state index contributed by atoms with van der Waals surface area (Å²) in [6.45, 7) is 3.49. The second kappa shape index (κ2) is 6.54. The Morgan fingerprint density at radius 1 is 1.25 bits per heavy atom. The van der Waals surface area contributed by atoms with Crippen molar-refractivity contribution in [1.82, 2.24) is 9.88 Å². The zero-order valence-corrected chi connectivity index (χ0v) is 16.8. The molecule has 0 bridgehead atoms. The van der Waals surface area contributed by atoms with Gasteiger partial charge in [0.15, 0.2) is 0 Å². The fourth-order valence-corrected chi connectivity index (χ4v) is 6.37. The molecule has 146 valence electrons. The van der Waals surface area contributed by atoms with Crippen molar-refractivity contribution in [3.63, 3.8) is 0 Å². The zero-order valence-electron chi connectivity index (χ0n) is 15.1. The largest absolute Gasteiger partial charge is 0.480 e. The Hall–Kier alpha value is -2.49. The van der Waals surface area contributed by atoms with E-state index in [1.54, 1.807) is 26.0 Å². The second-order valence-corrected chi connectivity index (χ2v) is 9.89. The number of carboxylic acid groups (broad SMARTS) is 1. The molecule has 1 saturated carbocycles. The number of carbonyl (C=O) groups is 1. The third kappa shape index (κ3) is 2.95. The van der Waals surface area contributed by atoms with E-state index in [1.165, 1.54) is 6.07 Å². The third-order valence-corrected chi connectivity index (χ3v) is 8.23. The molecule has 3 aromatic rings. The fraction of sp³-hybridized carbons (Fsp3) is 0.263. The Morgan fingerprint density at radius 2 is 1.96 bits per heavy atom. The molecule has 0 radical (unpaired) electrons. The summed E-state index contributed by atoms with van der Waals surface area (Å²) in [6, 6.07) is 13.9. The van der Waals surface area contributed by atoms with Gasteiger partial charge in [0.1, 0.15) is 21.2 Å². The number of hydrogen-bond donors (Lipinski definition) is 2. The monoisotopic (exact) mass is 418 g/mol. The lowest BCUT2D eigenvalue weighted by atomic mass is 10.1. The van der Waals surface area contributed by atoms with Crippen molar-refractivity contribution in [3.05, 3.63) is 59.9 Å². The molecule has 3 atom stereocenters. The lowest BCUT2D eigenvalue weighted by molar-refractivity contribution is -0.140. The van der Waals surface area contributed by atoms with Gasteiger partial charge in [0.25, 0.3) is 10.0 Å². The Bertz CT molecular complexity index is 1140. The van der Waals surface area contributed by atoms with E-state index in [9.17, 15) is 18.3 Å². The van der Waals surface area contributed by atoms with Crippen LogP contribution in [0, 0.1) is 12.8 Å². The molecule has 9 heteroatoms. The van der Waals surface area contributed by atoms with Crippen LogP contribution in [0.15, 0.2) is 57.3 Å².